The van der Waals surface area contributed by atoms with Crippen LogP contribution in [0.3, 0.4) is 0 Å². The van der Waals surface area contributed by atoms with Gasteiger partial charge in [-0.2, -0.15) is 5.26 Å². The van der Waals surface area contributed by atoms with E-state index in [0.29, 0.717) is 18.4 Å². The Morgan fingerprint density at radius 2 is 2.05 bits per heavy atom. The second kappa shape index (κ2) is 5.98. The summed E-state index contributed by atoms with van der Waals surface area (Å²) in [5, 5.41) is 9.60. The number of nitrogens with two attached hydrogens (primary N) is 1. The van der Waals surface area contributed by atoms with Crippen LogP contribution in [0.5, 0.6) is 0 Å². The maximum absolute atomic E-state index is 14.1. The van der Waals surface area contributed by atoms with Crippen LogP contribution >= 0.6 is 0 Å². The fourth-order valence-electron chi connectivity index (χ4n) is 3.23. The third kappa shape index (κ3) is 2.75. The molecule has 0 saturated heterocycles. The van der Waals surface area contributed by atoms with Gasteiger partial charge in [0.05, 0.1) is 27.1 Å². The zero-order chi connectivity index (χ0) is 16.4. The van der Waals surface area contributed by atoms with Crippen molar-refractivity contribution in [2.75, 3.05) is 12.8 Å². The summed E-state index contributed by atoms with van der Waals surface area (Å²) in [5.74, 6) is -0.451. The number of hydrogen-bond acceptors (Lipinski definition) is 4. The SMILES string of the molecule is CN=[S@@](=O)(C[C@](C)(N)c1ccccc1F)C1(C#N)CCCC1. The second-order valence-electron chi connectivity index (χ2n) is 6.18. The lowest BCUT2D eigenvalue weighted by Gasteiger charge is -2.33. The smallest absolute Gasteiger partial charge is 0.140 e. The highest BCUT2D eigenvalue weighted by molar-refractivity contribution is 7.95. The van der Waals surface area contributed by atoms with Crippen LogP contribution in [0.4, 0.5) is 4.39 Å². The minimum absolute atomic E-state index is 0.0228. The summed E-state index contributed by atoms with van der Waals surface area (Å²) in [6.45, 7) is 1.65. The Morgan fingerprint density at radius 1 is 1.45 bits per heavy atom. The van der Waals surface area contributed by atoms with E-state index in [2.05, 4.69) is 10.4 Å². The highest BCUT2D eigenvalue weighted by atomic mass is 32.2. The summed E-state index contributed by atoms with van der Waals surface area (Å²) in [5.41, 5.74) is 5.45. The van der Waals surface area contributed by atoms with Gasteiger partial charge in [0.2, 0.25) is 0 Å². The van der Waals surface area contributed by atoms with Crippen LogP contribution < -0.4 is 5.73 Å². The number of halogens is 1. The lowest BCUT2D eigenvalue weighted by molar-refractivity contribution is 0.498. The minimum Gasteiger partial charge on any atom is -0.321 e. The van der Waals surface area contributed by atoms with Gasteiger partial charge in [-0.1, -0.05) is 31.0 Å². The van der Waals surface area contributed by atoms with Crippen molar-refractivity contribution in [3.05, 3.63) is 35.6 Å². The van der Waals surface area contributed by atoms with Crippen molar-refractivity contribution < 1.29 is 8.60 Å². The molecule has 1 aromatic rings. The van der Waals surface area contributed by atoms with Crippen molar-refractivity contribution in [2.45, 2.75) is 42.9 Å². The first kappa shape index (κ1) is 16.9. The van der Waals surface area contributed by atoms with Gasteiger partial charge in [-0.3, -0.25) is 0 Å². The molecular weight excluding hydrogens is 301 g/mol. The average molecular weight is 323 g/mol. The number of benzene rings is 1. The maximum atomic E-state index is 14.1. The molecule has 0 radical (unpaired) electrons. The van der Waals surface area contributed by atoms with E-state index >= 15 is 0 Å². The van der Waals surface area contributed by atoms with Crippen molar-refractivity contribution in [3.8, 4) is 6.07 Å². The monoisotopic (exact) mass is 323 g/mol. The lowest BCUT2D eigenvalue weighted by atomic mass is 9.95. The van der Waals surface area contributed by atoms with E-state index in [-0.39, 0.29) is 5.75 Å². The summed E-state index contributed by atoms with van der Waals surface area (Å²) >= 11 is 0. The zero-order valence-corrected chi connectivity index (χ0v) is 13.8. The Labute approximate surface area is 131 Å². The fraction of sp³-hybridized carbons (Fsp3) is 0.562. The summed E-state index contributed by atoms with van der Waals surface area (Å²) in [6, 6.07) is 8.46. The summed E-state index contributed by atoms with van der Waals surface area (Å²) in [7, 11) is -1.40. The third-order valence-electron chi connectivity index (χ3n) is 4.51. The molecule has 22 heavy (non-hydrogen) atoms. The molecule has 1 aliphatic rings. The maximum Gasteiger partial charge on any atom is 0.140 e. The Kier molecular flexibility index (Phi) is 4.59. The molecule has 0 amide bonds. The molecule has 0 unspecified atom stereocenters. The molecule has 120 valence electrons. The quantitative estimate of drug-likeness (QED) is 0.925. The third-order valence-corrected chi connectivity index (χ3v) is 7.81. The molecule has 1 saturated carbocycles. The molecule has 1 aliphatic carbocycles. The van der Waals surface area contributed by atoms with Gasteiger partial charge in [-0.25, -0.2) is 13.0 Å². The molecule has 6 heteroatoms. The highest BCUT2D eigenvalue weighted by Gasteiger charge is 2.47. The number of rotatable bonds is 4. The molecule has 4 nitrogen and oxygen atoms in total. The van der Waals surface area contributed by atoms with Gasteiger partial charge in [-0.05, 0) is 25.8 Å². The van der Waals surface area contributed by atoms with E-state index in [1.165, 1.54) is 13.1 Å². The molecule has 0 aromatic heterocycles. The van der Waals surface area contributed by atoms with Crippen molar-refractivity contribution in [1.82, 2.24) is 0 Å². The Morgan fingerprint density at radius 3 is 2.55 bits per heavy atom. The molecule has 0 aliphatic heterocycles. The van der Waals surface area contributed by atoms with Crippen molar-refractivity contribution >= 4 is 9.73 Å². The molecule has 0 bridgehead atoms. The van der Waals surface area contributed by atoms with Gasteiger partial charge < -0.3 is 5.73 Å². The first-order valence-electron chi connectivity index (χ1n) is 7.38. The standard InChI is InChI=1S/C16H22FN3OS/c1-15(19,13-7-3-4-8-14(13)17)12-22(21,20-2)16(11-18)9-5-6-10-16/h3-4,7-8H,5-6,9-10,12,19H2,1-2H3/t15-,22+/m0/s1. The van der Waals surface area contributed by atoms with Gasteiger partial charge in [0.1, 0.15) is 10.6 Å². The average Bonchev–Trinajstić information content (AvgIpc) is 2.97. The summed E-state index contributed by atoms with van der Waals surface area (Å²) in [6.07, 6.45) is 2.85. The van der Waals surface area contributed by atoms with E-state index in [9.17, 15) is 13.9 Å². The first-order valence-corrected chi connectivity index (χ1v) is 9.06. The largest absolute Gasteiger partial charge is 0.321 e. The zero-order valence-electron chi connectivity index (χ0n) is 13.0. The predicted octanol–water partition coefficient (Wildman–Crippen LogP) is 2.93. The molecule has 2 rings (SSSR count). The second-order valence-corrected chi connectivity index (χ2v) is 8.89. The predicted molar refractivity (Wildman–Crippen MR) is 86.1 cm³/mol. The van der Waals surface area contributed by atoms with Crippen molar-refractivity contribution in [1.29, 1.82) is 5.26 Å². The van der Waals surface area contributed by atoms with Crippen LogP contribution in [0.2, 0.25) is 0 Å². The van der Waals surface area contributed by atoms with E-state index in [1.54, 1.807) is 25.1 Å². The summed E-state index contributed by atoms with van der Waals surface area (Å²) in [4.78, 5) is 0. The molecule has 0 heterocycles. The fourth-order valence-corrected chi connectivity index (χ4v) is 6.03. The van der Waals surface area contributed by atoms with Crippen LogP contribution in [0, 0.1) is 17.1 Å². The Hall–Kier alpha value is -1.45. The number of hydrogen-bond donors (Lipinski definition) is 1. The van der Waals surface area contributed by atoms with Gasteiger partial charge in [0.15, 0.2) is 0 Å². The van der Waals surface area contributed by atoms with Crippen LogP contribution in [0.1, 0.15) is 38.2 Å². The van der Waals surface area contributed by atoms with Crippen molar-refractivity contribution in [3.63, 3.8) is 0 Å². The topological polar surface area (TPSA) is 79.2 Å². The molecule has 2 N–H and O–H groups in total. The van der Waals surface area contributed by atoms with Gasteiger partial charge in [0, 0.05) is 12.6 Å². The summed E-state index contributed by atoms with van der Waals surface area (Å²) < 4.78 is 30.6. The Bertz CT molecular complexity index is 708. The highest BCUT2D eigenvalue weighted by Crippen LogP contribution is 2.40. The van der Waals surface area contributed by atoms with Gasteiger partial charge in [-0.15, -0.1) is 0 Å². The minimum atomic E-state index is -2.87. The van der Waals surface area contributed by atoms with E-state index in [4.69, 9.17) is 5.73 Å². The van der Waals surface area contributed by atoms with E-state index in [1.807, 2.05) is 0 Å². The molecule has 2 atom stereocenters. The lowest BCUT2D eigenvalue weighted by Crippen LogP contribution is -2.47. The van der Waals surface area contributed by atoms with E-state index in [0.717, 1.165) is 12.8 Å². The molecular formula is C16H22FN3OS. The number of nitriles is 1. The molecule has 0 spiro atoms. The van der Waals surface area contributed by atoms with Crippen LogP contribution in [0.15, 0.2) is 28.6 Å². The van der Waals surface area contributed by atoms with E-state index < -0.39 is 25.8 Å². The van der Waals surface area contributed by atoms with Crippen molar-refractivity contribution in [2.24, 2.45) is 10.1 Å². The van der Waals surface area contributed by atoms with Crippen LogP contribution in [0.25, 0.3) is 0 Å². The van der Waals surface area contributed by atoms with Crippen LogP contribution in [-0.4, -0.2) is 21.8 Å². The van der Waals surface area contributed by atoms with Crippen LogP contribution in [-0.2, 0) is 15.3 Å². The molecule has 1 fully saturated rings. The van der Waals surface area contributed by atoms with Gasteiger partial charge in [0.25, 0.3) is 0 Å². The normalized spacial score (nSPS) is 22.3. The Balaban J connectivity index is 2.45. The molecule has 1 aromatic carbocycles. The number of nitrogens with zero attached hydrogens (tertiary/aromatic N) is 2. The first-order chi connectivity index (χ1) is 10.3. The van der Waals surface area contributed by atoms with Gasteiger partial charge >= 0.3 is 0 Å².